The van der Waals surface area contributed by atoms with Crippen LogP contribution in [-0.4, -0.2) is 23.8 Å². The first kappa shape index (κ1) is 4.91. The molecule has 0 bridgehead atoms. The largest absolute Gasteiger partial charge is 0.348 e. The molecule has 0 fully saturated rings. The molecule has 1 heterocycles. The Kier molecular flexibility index (Phi) is 1.19. The zero-order valence-electron chi connectivity index (χ0n) is 4.06. The van der Waals surface area contributed by atoms with Crippen molar-refractivity contribution in [3.63, 3.8) is 0 Å². The Morgan fingerprint density at radius 1 is 2.00 bits per heavy atom. The summed E-state index contributed by atoms with van der Waals surface area (Å²) in [6.45, 7) is 2.63. The molecule has 0 saturated carbocycles. The summed E-state index contributed by atoms with van der Waals surface area (Å²) in [6.07, 6.45) is 0. The fraction of sp³-hybridized carbons (Fsp3) is 0.500. The molecule has 1 aliphatic rings. The summed E-state index contributed by atoms with van der Waals surface area (Å²) in [5.74, 6) is 0. The van der Waals surface area contributed by atoms with Crippen molar-refractivity contribution in [2.45, 2.75) is 0 Å². The van der Waals surface area contributed by atoms with Crippen molar-refractivity contribution in [1.82, 2.24) is 4.90 Å². The zero-order valence-corrected chi connectivity index (χ0v) is 4.81. The molecule has 39 valence electrons. The first-order chi connectivity index (χ1) is 3.30. The van der Waals surface area contributed by atoms with Crippen LogP contribution in [0.4, 0.5) is 0 Å². The Morgan fingerprint density at radius 3 is 2.86 bits per heavy atom. The summed E-state index contributed by atoms with van der Waals surface area (Å²) in [4.78, 5) is 5.66. The standard InChI is InChI=1S/C4H6ClN2/c1-7-3-2-6-4(7)5/h2H,3H2,1H3. The van der Waals surface area contributed by atoms with E-state index in [1.807, 2.05) is 11.9 Å². The van der Waals surface area contributed by atoms with Crippen LogP contribution in [0, 0.1) is 6.54 Å². The molecule has 0 aromatic rings. The van der Waals surface area contributed by atoms with Crippen LogP contribution in [0.1, 0.15) is 0 Å². The summed E-state index contributed by atoms with van der Waals surface area (Å²) in [5.41, 5.74) is 0. The molecule has 0 amide bonds. The minimum atomic E-state index is 0.583. The van der Waals surface area contributed by atoms with E-state index < -0.39 is 0 Å². The third-order valence-electron chi connectivity index (χ3n) is 0.868. The van der Waals surface area contributed by atoms with Gasteiger partial charge in [0, 0.05) is 13.6 Å². The van der Waals surface area contributed by atoms with Crippen LogP contribution in [0.2, 0.25) is 0 Å². The smallest absolute Gasteiger partial charge is 0.194 e. The summed E-state index contributed by atoms with van der Waals surface area (Å²) < 4.78 is 0. The van der Waals surface area contributed by atoms with Crippen LogP contribution in [-0.2, 0) is 0 Å². The van der Waals surface area contributed by atoms with Gasteiger partial charge in [0.2, 0.25) is 0 Å². The number of aliphatic imine (C=N–C) groups is 1. The maximum absolute atomic E-state index is 5.51. The van der Waals surface area contributed by atoms with E-state index in [-0.39, 0.29) is 0 Å². The van der Waals surface area contributed by atoms with Crippen molar-refractivity contribution in [2.24, 2.45) is 4.99 Å². The fourth-order valence-corrected chi connectivity index (χ4v) is 0.551. The van der Waals surface area contributed by atoms with Gasteiger partial charge in [-0.05, 0) is 11.6 Å². The van der Waals surface area contributed by atoms with E-state index >= 15 is 0 Å². The SMILES string of the molecule is CN1C[CH]N=C1Cl. The van der Waals surface area contributed by atoms with Crippen molar-refractivity contribution >= 4 is 16.9 Å². The number of halogens is 1. The van der Waals surface area contributed by atoms with Gasteiger partial charge < -0.3 is 4.90 Å². The molecule has 1 rings (SSSR count). The molecule has 0 unspecified atom stereocenters. The highest BCUT2D eigenvalue weighted by atomic mass is 35.5. The maximum Gasteiger partial charge on any atom is 0.194 e. The molecule has 2 nitrogen and oxygen atoms in total. The molecule has 3 heteroatoms. The van der Waals surface area contributed by atoms with Gasteiger partial charge in [0.1, 0.15) is 0 Å². The average molecular weight is 118 g/mol. The van der Waals surface area contributed by atoms with Gasteiger partial charge in [0.05, 0.1) is 6.54 Å². The number of hydrogen-bond acceptors (Lipinski definition) is 2. The molecule has 7 heavy (non-hydrogen) atoms. The lowest BCUT2D eigenvalue weighted by molar-refractivity contribution is 0.584. The van der Waals surface area contributed by atoms with Crippen LogP contribution in [0.25, 0.3) is 0 Å². The molecular weight excluding hydrogens is 112 g/mol. The molecule has 0 saturated heterocycles. The Balaban J connectivity index is 2.54. The van der Waals surface area contributed by atoms with E-state index in [1.54, 1.807) is 6.54 Å². The number of amidine groups is 1. The number of nitrogens with zero attached hydrogens (tertiary/aromatic N) is 2. The predicted octanol–water partition coefficient (Wildman–Crippen LogP) is 0.688. The molecule has 0 N–H and O–H groups in total. The summed E-state index contributed by atoms with van der Waals surface area (Å²) >= 11 is 5.51. The Bertz CT molecular complexity index is 99.9. The topological polar surface area (TPSA) is 15.6 Å². The van der Waals surface area contributed by atoms with Crippen LogP contribution >= 0.6 is 11.6 Å². The lowest BCUT2D eigenvalue weighted by Crippen LogP contribution is -2.16. The Labute approximate surface area is 47.8 Å². The van der Waals surface area contributed by atoms with Gasteiger partial charge in [-0.15, -0.1) is 0 Å². The quantitative estimate of drug-likeness (QED) is 0.426. The molecule has 0 atom stereocenters. The maximum atomic E-state index is 5.51. The molecular formula is C4H6ClN2. The molecule has 0 aromatic heterocycles. The lowest BCUT2D eigenvalue weighted by Gasteiger charge is -2.04. The van der Waals surface area contributed by atoms with Crippen LogP contribution in [0.5, 0.6) is 0 Å². The van der Waals surface area contributed by atoms with E-state index in [9.17, 15) is 0 Å². The van der Waals surface area contributed by atoms with Crippen molar-refractivity contribution < 1.29 is 0 Å². The zero-order chi connectivity index (χ0) is 5.28. The summed E-state index contributed by atoms with van der Waals surface area (Å²) in [7, 11) is 1.90. The fourth-order valence-electron chi connectivity index (χ4n) is 0.413. The third kappa shape index (κ3) is 0.855. The normalized spacial score (nSPS) is 20.3. The van der Waals surface area contributed by atoms with Crippen molar-refractivity contribution in [1.29, 1.82) is 0 Å². The number of hydrogen-bond donors (Lipinski definition) is 0. The van der Waals surface area contributed by atoms with Crippen molar-refractivity contribution in [2.75, 3.05) is 13.6 Å². The van der Waals surface area contributed by atoms with Gasteiger partial charge in [-0.1, -0.05) is 0 Å². The monoisotopic (exact) mass is 117 g/mol. The van der Waals surface area contributed by atoms with Crippen LogP contribution < -0.4 is 0 Å². The second-order valence-electron chi connectivity index (χ2n) is 1.46. The molecule has 0 aromatic carbocycles. The Morgan fingerprint density at radius 2 is 2.71 bits per heavy atom. The number of likely N-dealkylation sites (N-methyl/N-ethyl adjacent to an activating group) is 1. The van der Waals surface area contributed by atoms with Crippen molar-refractivity contribution in [3.8, 4) is 0 Å². The molecule has 1 aliphatic heterocycles. The third-order valence-corrected chi connectivity index (χ3v) is 1.25. The number of rotatable bonds is 0. The molecule has 0 spiro atoms. The van der Waals surface area contributed by atoms with Gasteiger partial charge in [0.15, 0.2) is 5.29 Å². The van der Waals surface area contributed by atoms with Gasteiger partial charge in [-0.3, -0.25) is 4.99 Å². The minimum Gasteiger partial charge on any atom is -0.348 e. The highest BCUT2D eigenvalue weighted by Crippen LogP contribution is 2.03. The second kappa shape index (κ2) is 1.70. The highest BCUT2D eigenvalue weighted by molar-refractivity contribution is 6.64. The van der Waals surface area contributed by atoms with E-state index in [2.05, 4.69) is 4.99 Å². The highest BCUT2D eigenvalue weighted by Gasteiger charge is 2.07. The van der Waals surface area contributed by atoms with E-state index in [0.717, 1.165) is 6.54 Å². The average Bonchev–Trinajstić information content (AvgIpc) is 1.91. The van der Waals surface area contributed by atoms with Gasteiger partial charge >= 0.3 is 0 Å². The van der Waals surface area contributed by atoms with Gasteiger partial charge in [-0.25, -0.2) is 0 Å². The van der Waals surface area contributed by atoms with E-state index in [1.165, 1.54) is 0 Å². The minimum absolute atomic E-state index is 0.583. The lowest BCUT2D eigenvalue weighted by atomic mass is 10.6. The Hall–Kier alpha value is -0.240. The first-order valence-electron chi connectivity index (χ1n) is 2.07. The molecule has 0 aliphatic carbocycles. The summed E-state index contributed by atoms with van der Waals surface area (Å²) in [6, 6.07) is 0. The van der Waals surface area contributed by atoms with Gasteiger partial charge in [0.25, 0.3) is 0 Å². The van der Waals surface area contributed by atoms with Gasteiger partial charge in [-0.2, -0.15) is 0 Å². The van der Waals surface area contributed by atoms with E-state index in [0.29, 0.717) is 5.29 Å². The summed E-state index contributed by atoms with van der Waals surface area (Å²) in [5, 5.41) is 0.583. The van der Waals surface area contributed by atoms with Crippen LogP contribution in [0.3, 0.4) is 0 Å². The first-order valence-corrected chi connectivity index (χ1v) is 2.44. The van der Waals surface area contributed by atoms with Crippen molar-refractivity contribution in [3.05, 3.63) is 6.54 Å². The second-order valence-corrected chi connectivity index (χ2v) is 1.80. The van der Waals surface area contributed by atoms with Crippen LogP contribution in [0.15, 0.2) is 4.99 Å². The van der Waals surface area contributed by atoms with E-state index in [4.69, 9.17) is 11.6 Å². The predicted molar refractivity (Wildman–Crippen MR) is 30.2 cm³/mol. The molecule has 1 radical (unpaired) electrons.